The van der Waals surface area contributed by atoms with Crippen molar-refractivity contribution in [1.29, 1.82) is 0 Å². The zero-order chi connectivity index (χ0) is 27.7. The van der Waals surface area contributed by atoms with E-state index in [4.69, 9.17) is 21.3 Å². The van der Waals surface area contributed by atoms with E-state index in [1.807, 2.05) is 6.21 Å². The van der Waals surface area contributed by atoms with Crippen molar-refractivity contribution in [1.82, 2.24) is 21.0 Å². The van der Waals surface area contributed by atoms with Crippen molar-refractivity contribution in [2.24, 2.45) is 38.8 Å². The first-order chi connectivity index (χ1) is 18.7. The van der Waals surface area contributed by atoms with Crippen LogP contribution in [0.4, 0.5) is 4.39 Å². The highest BCUT2D eigenvalue weighted by atomic mass is 35.5. The molecule has 11 heteroatoms. The van der Waals surface area contributed by atoms with Crippen LogP contribution in [-0.2, 0) is 4.74 Å². The number of alkyl halides is 1. The minimum Gasteiger partial charge on any atom is -0.424 e. The lowest BCUT2D eigenvalue weighted by molar-refractivity contribution is -0.0517. The fourth-order valence-corrected chi connectivity index (χ4v) is 7.59. The molecule has 0 aromatic rings. The van der Waals surface area contributed by atoms with Gasteiger partial charge in [0.1, 0.15) is 11.8 Å². The summed E-state index contributed by atoms with van der Waals surface area (Å²) >= 11 is 6.36. The highest BCUT2D eigenvalue weighted by Gasteiger charge is 2.58. The second-order valence-electron chi connectivity index (χ2n) is 12.4. The Bertz CT molecular complexity index is 987. The van der Waals surface area contributed by atoms with Crippen LogP contribution in [0, 0.1) is 23.7 Å². The second kappa shape index (κ2) is 12.0. The van der Waals surface area contributed by atoms with Crippen molar-refractivity contribution in [3.8, 4) is 0 Å². The van der Waals surface area contributed by atoms with Crippen LogP contribution < -0.4 is 16.1 Å². The van der Waals surface area contributed by atoms with E-state index in [9.17, 15) is 5.11 Å². The van der Waals surface area contributed by atoms with Crippen molar-refractivity contribution in [3.63, 3.8) is 0 Å². The number of aliphatic hydroxyl groups is 1. The van der Waals surface area contributed by atoms with E-state index in [1.54, 1.807) is 7.05 Å². The first-order valence-electron chi connectivity index (χ1n) is 14.7. The number of aliphatic hydroxyl groups excluding tert-OH is 1. The van der Waals surface area contributed by atoms with E-state index in [1.165, 1.54) is 12.8 Å². The first kappa shape index (κ1) is 28.8. The van der Waals surface area contributed by atoms with Gasteiger partial charge in [0.15, 0.2) is 5.84 Å². The number of ether oxygens (including phenoxy) is 1. The molecule has 1 saturated heterocycles. The van der Waals surface area contributed by atoms with Crippen LogP contribution in [0.15, 0.2) is 26.7 Å². The number of halogens is 2. The number of rotatable bonds is 8. The lowest BCUT2D eigenvalue weighted by Crippen LogP contribution is -2.63. The van der Waals surface area contributed by atoms with Gasteiger partial charge in [-0.15, -0.1) is 5.10 Å². The van der Waals surface area contributed by atoms with Crippen LogP contribution >= 0.6 is 11.6 Å². The van der Waals surface area contributed by atoms with E-state index >= 15 is 4.39 Å². The number of amidine groups is 1. The van der Waals surface area contributed by atoms with Crippen LogP contribution in [-0.4, -0.2) is 78.0 Å². The Kier molecular flexibility index (Phi) is 8.86. The summed E-state index contributed by atoms with van der Waals surface area (Å²) in [5, 5.41) is 21.7. The minimum atomic E-state index is -1.36. The monoisotopic (exact) mass is 565 g/mol. The third kappa shape index (κ3) is 5.99. The Morgan fingerprint density at radius 2 is 2.08 bits per heavy atom. The average molecular weight is 566 g/mol. The molecule has 0 radical (unpaired) electrons. The molecule has 5 rings (SSSR count). The molecule has 3 heterocycles. The van der Waals surface area contributed by atoms with Gasteiger partial charge < -0.3 is 20.2 Å². The van der Waals surface area contributed by atoms with Crippen LogP contribution in [0.5, 0.6) is 0 Å². The SMILES string of the molecule is C=C(Cl)C[C@H](C=NC)[C@H]1NC(C2=NNC(O)O2)=NC2NC(C3(F)CCCCC3C)N(CC3CCC(C)CC3)C21. The summed E-state index contributed by atoms with van der Waals surface area (Å²) in [5.74, 6) is 1.70. The van der Waals surface area contributed by atoms with Gasteiger partial charge in [-0.25, -0.2) is 14.8 Å². The number of hydrazone groups is 1. The Morgan fingerprint density at radius 3 is 2.72 bits per heavy atom. The largest absolute Gasteiger partial charge is 0.424 e. The molecule has 0 bridgehead atoms. The molecular weight excluding hydrogens is 521 g/mol. The number of hydrogen-bond donors (Lipinski definition) is 4. The van der Waals surface area contributed by atoms with Crippen molar-refractivity contribution >= 4 is 29.5 Å². The van der Waals surface area contributed by atoms with Gasteiger partial charge in [0.25, 0.3) is 12.3 Å². The second-order valence-corrected chi connectivity index (χ2v) is 12.9. The fraction of sp³-hybridized carbons (Fsp3) is 0.821. The molecule has 9 nitrogen and oxygen atoms in total. The Labute approximate surface area is 236 Å². The molecule has 3 fully saturated rings. The van der Waals surface area contributed by atoms with Gasteiger partial charge in [0, 0.05) is 30.8 Å². The van der Waals surface area contributed by atoms with Crippen molar-refractivity contribution in [3.05, 3.63) is 11.6 Å². The van der Waals surface area contributed by atoms with E-state index in [0.29, 0.717) is 29.6 Å². The summed E-state index contributed by atoms with van der Waals surface area (Å²) in [6.45, 7) is 9.17. The number of fused-ring (bicyclic) bond motifs is 1. The van der Waals surface area contributed by atoms with Crippen LogP contribution in [0.3, 0.4) is 0 Å². The number of hydrogen-bond acceptors (Lipinski definition) is 9. The molecule has 0 spiro atoms. The Morgan fingerprint density at radius 1 is 1.31 bits per heavy atom. The van der Waals surface area contributed by atoms with Crippen molar-refractivity contribution in [2.75, 3.05) is 13.6 Å². The maximum atomic E-state index is 17.2. The molecule has 5 aliphatic rings. The maximum Gasteiger partial charge on any atom is 0.295 e. The lowest BCUT2D eigenvalue weighted by Gasteiger charge is -2.47. The zero-order valence-corrected chi connectivity index (χ0v) is 24.2. The van der Waals surface area contributed by atoms with E-state index < -0.39 is 18.2 Å². The topological polar surface area (TPSA) is 106 Å². The number of nitrogens with one attached hydrogen (secondary N) is 3. The van der Waals surface area contributed by atoms with Crippen molar-refractivity contribution in [2.45, 2.75) is 108 Å². The van der Waals surface area contributed by atoms with Gasteiger partial charge in [-0.3, -0.25) is 10.2 Å². The third-order valence-corrected chi connectivity index (χ3v) is 9.75. The fourth-order valence-electron chi connectivity index (χ4n) is 7.41. The quantitative estimate of drug-likeness (QED) is 0.335. The highest BCUT2D eigenvalue weighted by Crippen LogP contribution is 2.45. The number of nitrogens with zero attached hydrogens (tertiary/aromatic N) is 4. The molecule has 2 aliphatic carbocycles. The van der Waals surface area contributed by atoms with Gasteiger partial charge in [-0.1, -0.05) is 57.7 Å². The molecule has 3 aliphatic heterocycles. The summed E-state index contributed by atoms with van der Waals surface area (Å²) in [4.78, 5) is 11.7. The summed E-state index contributed by atoms with van der Waals surface area (Å²) in [5.41, 5.74) is 1.16. The Hall–Kier alpha value is -1.75. The Balaban J connectivity index is 1.54. The van der Waals surface area contributed by atoms with Crippen LogP contribution in [0.1, 0.15) is 71.6 Å². The third-order valence-electron chi connectivity index (χ3n) is 9.59. The molecule has 6 unspecified atom stereocenters. The zero-order valence-electron chi connectivity index (χ0n) is 23.5. The van der Waals surface area contributed by atoms with Crippen molar-refractivity contribution < 1.29 is 14.2 Å². The summed E-state index contributed by atoms with van der Waals surface area (Å²) in [6, 6.07) is -0.355. The smallest absolute Gasteiger partial charge is 0.295 e. The summed E-state index contributed by atoms with van der Waals surface area (Å²) < 4.78 is 22.7. The minimum absolute atomic E-state index is 0.0508. The van der Waals surface area contributed by atoms with Gasteiger partial charge in [0.05, 0.1) is 18.2 Å². The van der Waals surface area contributed by atoms with Gasteiger partial charge in [0.2, 0.25) is 0 Å². The molecule has 0 aromatic carbocycles. The van der Waals surface area contributed by atoms with Gasteiger partial charge in [-0.2, -0.15) is 0 Å². The van der Waals surface area contributed by atoms with Gasteiger partial charge >= 0.3 is 0 Å². The molecule has 8 atom stereocenters. The summed E-state index contributed by atoms with van der Waals surface area (Å²) in [7, 11) is 1.75. The highest BCUT2D eigenvalue weighted by molar-refractivity contribution is 6.38. The summed E-state index contributed by atoms with van der Waals surface area (Å²) in [6.07, 6.45) is 8.49. The predicted molar refractivity (Wildman–Crippen MR) is 153 cm³/mol. The lowest BCUT2D eigenvalue weighted by atomic mass is 9.75. The molecule has 0 amide bonds. The molecule has 218 valence electrons. The average Bonchev–Trinajstić information content (AvgIpc) is 3.50. The van der Waals surface area contributed by atoms with E-state index in [-0.39, 0.29) is 36.0 Å². The van der Waals surface area contributed by atoms with Gasteiger partial charge in [-0.05, 0) is 49.9 Å². The van der Waals surface area contributed by atoms with E-state index in [0.717, 1.165) is 44.6 Å². The van der Waals surface area contributed by atoms with Crippen LogP contribution in [0.2, 0.25) is 0 Å². The molecular formula is C28H45ClFN7O2. The molecule has 4 N–H and O–H groups in total. The molecule has 0 aromatic heterocycles. The molecule has 39 heavy (non-hydrogen) atoms. The molecule has 2 saturated carbocycles. The van der Waals surface area contributed by atoms with Crippen LogP contribution in [0.25, 0.3) is 0 Å². The number of allylic oxidation sites excluding steroid dienone is 1. The maximum absolute atomic E-state index is 17.2. The predicted octanol–water partition coefficient (Wildman–Crippen LogP) is 3.70. The number of aliphatic imine (C=N–C) groups is 2. The normalized spacial score (nSPS) is 41.7. The first-order valence-corrected chi connectivity index (χ1v) is 15.1. The standard InChI is InChI=1S/C28H45ClFN7O2/c1-16-8-10-19(11-9-16)15-37-22-21(20(14-31-4)13-18(3)29)32-24(25-35-36-27(38)39-25)33-23(22)34-26(37)28(30)12-6-5-7-17(28)2/h14,16-17,19-23,26-27,34,36,38H,3,5-13,15H2,1-2,4H3,(H,32,33)/t16?,17?,19?,20-,21-,22?,23?,26?,27?,28?/m1/s1. The van der Waals surface area contributed by atoms with E-state index in [2.05, 4.69) is 51.5 Å².